The largest absolute Gasteiger partial charge is 0.371 e. The normalized spacial score (nSPS) is 13.8. The average Bonchev–Trinajstić information content (AvgIpc) is 3.34. The average molecular weight is 405 g/mol. The van der Waals surface area contributed by atoms with Crippen molar-refractivity contribution in [3.8, 4) is 5.82 Å². The molecule has 1 aromatic carbocycles. The van der Waals surface area contributed by atoms with E-state index in [4.69, 9.17) is 0 Å². The monoisotopic (exact) mass is 404 g/mol. The van der Waals surface area contributed by atoms with E-state index in [0.29, 0.717) is 13.1 Å². The summed E-state index contributed by atoms with van der Waals surface area (Å²) in [5, 5.41) is 7.15. The summed E-state index contributed by atoms with van der Waals surface area (Å²) in [7, 11) is 1.83. The summed E-state index contributed by atoms with van der Waals surface area (Å²) < 4.78 is 1.70. The van der Waals surface area contributed by atoms with Gasteiger partial charge < -0.3 is 15.1 Å². The number of pyridine rings is 1. The van der Waals surface area contributed by atoms with Crippen LogP contribution in [0.3, 0.4) is 0 Å². The first kappa shape index (κ1) is 19.9. The number of nitrogens with zero attached hydrogens (tertiary/aromatic N) is 5. The third kappa shape index (κ3) is 4.79. The van der Waals surface area contributed by atoms with E-state index in [1.165, 1.54) is 30.5 Å². The molecule has 0 atom stereocenters. The first-order valence-corrected chi connectivity index (χ1v) is 10.5. The summed E-state index contributed by atoms with van der Waals surface area (Å²) in [4.78, 5) is 21.2. The number of aromatic nitrogens is 3. The van der Waals surface area contributed by atoms with E-state index < -0.39 is 0 Å². The second kappa shape index (κ2) is 9.43. The quantitative estimate of drug-likeness (QED) is 0.682. The van der Waals surface area contributed by atoms with E-state index in [1.54, 1.807) is 22.0 Å². The number of carbonyl (C=O) groups excluding carboxylic acids is 1. The van der Waals surface area contributed by atoms with Gasteiger partial charge in [0.25, 0.3) is 0 Å². The fourth-order valence-electron chi connectivity index (χ4n) is 3.79. The zero-order chi connectivity index (χ0) is 20.8. The fourth-order valence-corrected chi connectivity index (χ4v) is 3.79. The summed E-state index contributed by atoms with van der Waals surface area (Å²) >= 11 is 0. The first-order chi connectivity index (χ1) is 14.7. The number of nitrogens with one attached hydrogen (secondary N) is 1. The third-order valence-corrected chi connectivity index (χ3v) is 5.43. The van der Waals surface area contributed by atoms with Crippen LogP contribution in [0.2, 0.25) is 0 Å². The molecular formula is C23H28N6O. The Morgan fingerprint density at radius 1 is 1.10 bits per heavy atom. The highest BCUT2D eigenvalue weighted by atomic mass is 16.2. The van der Waals surface area contributed by atoms with Crippen molar-refractivity contribution in [3.05, 3.63) is 72.2 Å². The predicted molar refractivity (Wildman–Crippen MR) is 118 cm³/mol. The maximum Gasteiger partial charge on any atom is 0.317 e. The van der Waals surface area contributed by atoms with Gasteiger partial charge in [-0.15, -0.1) is 0 Å². The van der Waals surface area contributed by atoms with Crippen molar-refractivity contribution in [1.82, 2.24) is 25.0 Å². The van der Waals surface area contributed by atoms with E-state index in [2.05, 4.69) is 38.5 Å². The summed E-state index contributed by atoms with van der Waals surface area (Å²) in [5.74, 6) is 0.751. The maximum absolute atomic E-state index is 12.6. The Morgan fingerprint density at radius 3 is 2.67 bits per heavy atom. The van der Waals surface area contributed by atoms with Gasteiger partial charge in [-0.3, -0.25) is 0 Å². The summed E-state index contributed by atoms with van der Waals surface area (Å²) in [6.45, 7) is 3.20. The Labute approximate surface area is 177 Å². The van der Waals surface area contributed by atoms with Crippen molar-refractivity contribution < 1.29 is 4.79 Å². The van der Waals surface area contributed by atoms with Crippen molar-refractivity contribution in [2.24, 2.45) is 0 Å². The molecule has 0 bridgehead atoms. The lowest BCUT2D eigenvalue weighted by molar-refractivity contribution is 0.206. The number of para-hydroxylation sites is 1. The van der Waals surface area contributed by atoms with E-state index in [9.17, 15) is 4.79 Å². The van der Waals surface area contributed by atoms with Crippen LogP contribution in [0.5, 0.6) is 0 Å². The van der Waals surface area contributed by atoms with Gasteiger partial charge in [0.2, 0.25) is 0 Å². The molecule has 7 heteroatoms. The molecule has 1 saturated heterocycles. The van der Waals surface area contributed by atoms with Gasteiger partial charge in [-0.25, -0.2) is 14.5 Å². The lowest BCUT2D eigenvalue weighted by Crippen LogP contribution is -2.37. The van der Waals surface area contributed by atoms with Crippen LogP contribution >= 0.6 is 0 Å². The SMILES string of the molecule is CN(Cc1ccccc1N1CCCCC1)C(=O)NCc1ccc(-n2cccn2)nc1. The van der Waals surface area contributed by atoms with Gasteiger partial charge in [0, 0.05) is 57.5 Å². The molecule has 1 N–H and O–H groups in total. The molecule has 1 aliphatic heterocycles. The molecule has 0 radical (unpaired) electrons. The molecule has 7 nitrogen and oxygen atoms in total. The van der Waals surface area contributed by atoms with Gasteiger partial charge in [-0.2, -0.15) is 5.10 Å². The van der Waals surface area contributed by atoms with E-state index in [1.807, 2.05) is 37.5 Å². The van der Waals surface area contributed by atoms with Crippen molar-refractivity contribution in [3.63, 3.8) is 0 Å². The molecule has 0 saturated carbocycles. The Kier molecular flexibility index (Phi) is 6.27. The molecule has 1 aliphatic rings. The van der Waals surface area contributed by atoms with Crippen LogP contribution in [-0.4, -0.2) is 45.8 Å². The van der Waals surface area contributed by atoms with Gasteiger partial charge >= 0.3 is 6.03 Å². The number of amides is 2. The molecule has 2 aromatic heterocycles. The van der Waals surface area contributed by atoms with Crippen molar-refractivity contribution >= 4 is 11.7 Å². The number of anilines is 1. The van der Waals surface area contributed by atoms with Gasteiger partial charge in [0.1, 0.15) is 0 Å². The van der Waals surface area contributed by atoms with Crippen LogP contribution in [-0.2, 0) is 13.1 Å². The van der Waals surface area contributed by atoms with Gasteiger partial charge in [-0.05, 0) is 48.6 Å². The van der Waals surface area contributed by atoms with Crippen LogP contribution in [0.4, 0.5) is 10.5 Å². The highest BCUT2D eigenvalue weighted by Crippen LogP contribution is 2.25. The van der Waals surface area contributed by atoms with Crippen LogP contribution in [0.1, 0.15) is 30.4 Å². The zero-order valence-electron chi connectivity index (χ0n) is 17.4. The molecule has 3 heterocycles. The summed E-state index contributed by atoms with van der Waals surface area (Å²) in [6.07, 6.45) is 9.10. The number of rotatable bonds is 6. The van der Waals surface area contributed by atoms with Crippen molar-refractivity contribution in [2.75, 3.05) is 25.0 Å². The number of hydrogen-bond acceptors (Lipinski definition) is 4. The second-order valence-electron chi connectivity index (χ2n) is 7.67. The van der Waals surface area contributed by atoms with E-state index in [0.717, 1.165) is 24.5 Å². The molecule has 30 heavy (non-hydrogen) atoms. The Hall–Kier alpha value is -3.35. The van der Waals surface area contributed by atoms with Crippen molar-refractivity contribution in [1.29, 1.82) is 0 Å². The van der Waals surface area contributed by atoms with Crippen LogP contribution in [0.25, 0.3) is 5.82 Å². The highest BCUT2D eigenvalue weighted by molar-refractivity contribution is 5.74. The lowest BCUT2D eigenvalue weighted by atomic mass is 10.1. The minimum absolute atomic E-state index is 0.0976. The van der Waals surface area contributed by atoms with E-state index >= 15 is 0 Å². The van der Waals surface area contributed by atoms with Crippen LogP contribution in [0, 0.1) is 0 Å². The molecule has 2 amide bonds. The number of carbonyl (C=O) groups is 1. The van der Waals surface area contributed by atoms with E-state index in [-0.39, 0.29) is 6.03 Å². The second-order valence-corrected chi connectivity index (χ2v) is 7.67. The van der Waals surface area contributed by atoms with Gasteiger partial charge in [-0.1, -0.05) is 24.3 Å². The molecule has 1 fully saturated rings. The minimum atomic E-state index is -0.0976. The molecule has 4 rings (SSSR count). The van der Waals surface area contributed by atoms with Crippen molar-refractivity contribution in [2.45, 2.75) is 32.4 Å². The lowest BCUT2D eigenvalue weighted by Gasteiger charge is -2.31. The topological polar surface area (TPSA) is 66.3 Å². The molecule has 0 aliphatic carbocycles. The number of urea groups is 1. The summed E-state index contributed by atoms with van der Waals surface area (Å²) in [5.41, 5.74) is 3.37. The molecule has 0 spiro atoms. The van der Waals surface area contributed by atoms with Crippen LogP contribution < -0.4 is 10.2 Å². The Morgan fingerprint density at radius 2 is 1.93 bits per heavy atom. The fraction of sp³-hybridized carbons (Fsp3) is 0.348. The summed E-state index contributed by atoms with van der Waals surface area (Å²) in [6, 6.07) is 14.0. The zero-order valence-corrected chi connectivity index (χ0v) is 17.4. The van der Waals surface area contributed by atoms with Gasteiger partial charge in [0.05, 0.1) is 0 Å². The molecule has 3 aromatic rings. The first-order valence-electron chi connectivity index (χ1n) is 10.5. The highest BCUT2D eigenvalue weighted by Gasteiger charge is 2.16. The minimum Gasteiger partial charge on any atom is -0.371 e. The number of piperidine rings is 1. The van der Waals surface area contributed by atoms with Crippen LogP contribution in [0.15, 0.2) is 61.1 Å². The predicted octanol–water partition coefficient (Wildman–Crippen LogP) is 3.60. The Balaban J connectivity index is 1.33. The molecule has 156 valence electrons. The third-order valence-electron chi connectivity index (χ3n) is 5.43. The molecule has 0 unspecified atom stereocenters. The number of hydrogen-bond donors (Lipinski definition) is 1. The maximum atomic E-state index is 12.6. The standard InChI is InChI=1S/C23H28N6O/c1-27(18-20-8-3-4-9-21(20)28-13-5-2-6-14-28)23(30)25-17-19-10-11-22(24-16-19)29-15-7-12-26-29/h3-4,7-12,15-16H,2,5-6,13-14,17-18H2,1H3,(H,25,30). The molecular weight excluding hydrogens is 376 g/mol. The number of benzene rings is 1. The Bertz CT molecular complexity index is 948. The smallest absolute Gasteiger partial charge is 0.317 e. The van der Waals surface area contributed by atoms with Gasteiger partial charge in [0.15, 0.2) is 5.82 Å².